The molecule has 1 saturated carbocycles. The summed E-state index contributed by atoms with van der Waals surface area (Å²) in [5, 5.41) is 0. The van der Waals surface area contributed by atoms with Gasteiger partial charge in [-0.1, -0.05) is 6.07 Å². The summed E-state index contributed by atoms with van der Waals surface area (Å²) in [5.41, 5.74) is 1.34. The molecule has 88 valence electrons. The van der Waals surface area contributed by atoms with E-state index in [0.29, 0.717) is 29.6 Å². The first-order valence-corrected chi connectivity index (χ1v) is 6.50. The molecule has 3 nitrogen and oxygen atoms in total. The van der Waals surface area contributed by atoms with Crippen LogP contribution in [-0.2, 0) is 4.79 Å². The predicted octanol–water partition coefficient (Wildman–Crippen LogP) is 1.66. The Morgan fingerprint density at radius 1 is 1.24 bits per heavy atom. The first-order chi connectivity index (χ1) is 8.33. The third-order valence-corrected chi connectivity index (χ3v) is 4.75. The molecule has 0 amide bonds. The van der Waals surface area contributed by atoms with Crippen molar-refractivity contribution in [2.24, 2.45) is 17.8 Å². The number of hydrogen-bond acceptors (Lipinski definition) is 3. The summed E-state index contributed by atoms with van der Waals surface area (Å²) < 4.78 is 0. The molecule has 3 saturated heterocycles. The van der Waals surface area contributed by atoms with Gasteiger partial charge < -0.3 is 0 Å². The van der Waals surface area contributed by atoms with Crippen molar-refractivity contribution in [2.45, 2.75) is 18.9 Å². The molecule has 0 radical (unpaired) electrons. The van der Waals surface area contributed by atoms with Crippen LogP contribution in [0.3, 0.4) is 0 Å². The normalized spacial score (nSPS) is 43.1. The molecule has 4 heterocycles. The van der Waals surface area contributed by atoms with Gasteiger partial charge in [-0.25, -0.2) is 0 Å². The van der Waals surface area contributed by atoms with Crippen LogP contribution in [0.25, 0.3) is 0 Å². The zero-order chi connectivity index (χ0) is 11.4. The minimum atomic E-state index is 0.334. The molecule has 4 aliphatic rings. The number of piperidine rings is 3. The number of carbonyl (C=O) groups is 1. The van der Waals surface area contributed by atoms with Crippen LogP contribution >= 0.6 is 0 Å². The van der Waals surface area contributed by atoms with E-state index in [1.54, 1.807) is 0 Å². The first kappa shape index (κ1) is 9.77. The lowest BCUT2D eigenvalue weighted by atomic mass is 9.63. The monoisotopic (exact) mass is 228 g/mol. The van der Waals surface area contributed by atoms with Crippen LogP contribution in [0.2, 0.25) is 0 Å². The smallest absolute Gasteiger partial charge is 0.141 e. The minimum absolute atomic E-state index is 0.334. The second-order valence-corrected chi connectivity index (χ2v) is 5.71. The van der Waals surface area contributed by atoms with E-state index in [1.165, 1.54) is 5.56 Å². The SMILES string of the molecule is O=C1C2CC3CC1CN(C2)C3c1cccnc1. The number of Topliss-reactive ketones (excluding diaryl/α,β-unsaturated/α-hetero) is 1. The fraction of sp³-hybridized carbons (Fsp3) is 0.571. The summed E-state index contributed by atoms with van der Waals surface area (Å²) in [7, 11) is 0. The second-order valence-electron chi connectivity index (χ2n) is 5.71. The van der Waals surface area contributed by atoms with E-state index in [0.717, 1.165) is 25.9 Å². The maximum atomic E-state index is 12.0. The van der Waals surface area contributed by atoms with Crippen LogP contribution < -0.4 is 0 Å². The van der Waals surface area contributed by atoms with Crippen LogP contribution in [0.15, 0.2) is 24.5 Å². The van der Waals surface area contributed by atoms with E-state index in [2.05, 4.69) is 16.0 Å². The molecule has 3 unspecified atom stereocenters. The van der Waals surface area contributed by atoms with Gasteiger partial charge in [0, 0.05) is 43.4 Å². The zero-order valence-corrected chi connectivity index (χ0v) is 9.75. The van der Waals surface area contributed by atoms with Crippen LogP contribution in [0, 0.1) is 17.8 Å². The van der Waals surface area contributed by atoms with E-state index in [-0.39, 0.29) is 0 Å². The Balaban J connectivity index is 1.70. The topological polar surface area (TPSA) is 33.2 Å². The minimum Gasteiger partial charge on any atom is -0.299 e. The molecule has 3 heteroatoms. The van der Waals surface area contributed by atoms with Crippen LogP contribution in [0.5, 0.6) is 0 Å². The average Bonchev–Trinajstić information content (AvgIpc) is 2.35. The molecule has 4 fully saturated rings. The molecular formula is C14H16N2O. The van der Waals surface area contributed by atoms with Crippen molar-refractivity contribution in [2.75, 3.05) is 13.1 Å². The number of nitrogens with zero attached hydrogens (tertiary/aromatic N) is 2. The molecule has 3 atom stereocenters. The molecular weight excluding hydrogens is 212 g/mol. The van der Waals surface area contributed by atoms with Gasteiger partial charge >= 0.3 is 0 Å². The van der Waals surface area contributed by atoms with Crippen molar-refractivity contribution in [1.29, 1.82) is 0 Å². The second kappa shape index (κ2) is 3.39. The molecule has 0 N–H and O–H groups in total. The van der Waals surface area contributed by atoms with Gasteiger partial charge in [0.15, 0.2) is 0 Å². The first-order valence-electron chi connectivity index (χ1n) is 6.50. The van der Waals surface area contributed by atoms with E-state index in [4.69, 9.17) is 0 Å². The molecule has 3 aliphatic heterocycles. The maximum absolute atomic E-state index is 12.0. The Hall–Kier alpha value is -1.22. The number of aromatic nitrogens is 1. The Morgan fingerprint density at radius 2 is 2.00 bits per heavy atom. The van der Waals surface area contributed by atoms with Crippen molar-refractivity contribution >= 4 is 5.78 Å². The fourth-order valence-corrected chi connectivity index (χ4v) is 4.18. The summed E-state index contributed by atoms with van der Waals surface area (Å²) in [6, 6.07) is 4.72. The number of hydrogen-bond donors (Lipinski definition) is 0. The van der Waals surface area contributed by atoms with E-state index < -0.39 is 0 Å². The van der Waals surface area contributed by atoms with E-state index in [1.807, 2.05) is 18.5 Å². The van der Waals surface area contributed by atoms with Crippen LogP contribution in [0.4, 0.5) is 0 Å². The van der Waals surface area contributed by atoms with Gasteiger partial charge in [-0.3, -0.25) is 14.7 Å². The average molecular weight is 228 g/mol. The highest BCUT2D eigenvalue weighted by Crippen LogP contribution is 2.50. The standard InChI is InChI=1S/C14H16N2O/c17-14-11-4-10-5-12(14)8-16(7-11)13(10)9-2-1-3-15-6-9/h1-3,6,10-13H,4-5,7-8H2. The van der Waals surface area contributed by atoms with Crippen molar-refractivity contribution in [1.82, 2.24) is 9.88 Å². The lowest BCUT2D eigenvalue weighted by Gasteiger charge is -2.55. The summed E-state index contributed by atoms with van der Waals surface area (Å²) in [5.74, 6) is 1.89. The third kappa shape index (κ3) is 1.32. The molecule has 0 aromatic carbocycles. The molecule has 17 heavy (non-hydrogen) atoms. The summed E-state index contributed by atoms with van der Waals surface area (Å²) >= 11 is 0. The highest BCUT2D eigenvalue weighted by atomic mass is 16.1. The predicted molar refractivity (Wildman–Crippen MR) is 63.3 cm³/mol. The molecule has 1 aromatic rings. The van der Waals surface area contributed by atoms with Gasteiger partial charge in [0.2, 0.25) is 0 Å². The summed E-state index contributed by atoms with van der Waals surface area (Å²) in [6.07, 6.45) is 6.03. The summed E-state index contributed by atoms with van der Waals surface area (Å²) in [4.78, 5) is 18.7. The van der Waals surface area contributed by atoms with Gasteiger partial charge in [-0.05, 0) is 30.4 Å². The van der Waals surface area contributed by atoms with Gasteiger partial charge in [0.1, 0.15) is 5.78 Å². The Labute approximate surface area is 101 Å². The summed E-state index contributed by atoms with van der Waals surface area (Å²) in [6.45, 7) is 1.96. The maximum Gasteiger partial charge on any atom is 0.141 e. The molecule has 1 aromatic heterocycles. The van der Waals surface area contributed by atoms with Gasteiger partial charge in [0.05, 0.1) is 0 Å². The van der Waals surface area contributed by atoms with Crippen molar-refractivity contribution in [3.63, 3.8) is 0 Å². The highest BCUT2D eigenvalue weighted by Gasteiger charge is 2.51. The van der Waals surface area contributed by atoms with Crippen molar-refractivity contribution in [3.8, 4) is 0 Å². The van der Waals surface area contributed by atoms with Crippen LogP contribution in [0.1, 0.15) is 24.4 Å². The number of ketones is 1. The third-order valence-electron chi connectivity index (χ3n) is 4.75. The number of carbonyl (C=O) groups excluding carboxylic acids is 1. The van der Waals surface area contributed by atoms with Gasteiger partial charge in [0.25, 0.3) is 0 Å². The zero-order valence-electron chi connectivity index (χ0n) is 9.75. The van der Waals surface area contributed by atoms with E-state index in [9.17, 15) is 4.79 Å². The largest absolute Gasteiger partial charge is 0.299 e. The lowest BCUT2D eigenvalue weighted by Crippen LogP contribution is -2.59. The van der Waals surface area contributed by atoms with Crippen LogP contribution in [-0.4, -0.2) is 28.8 Å². The highest BCUT2D eigenvalue weighted by molar-refractivity contribution is 5.86. The molecule has 5 rings (SSSR count). The molecule has 1 aliphatic carbocycles. The van der Waals surface area contributed by atoms with Gasteiger partial charge in [-0.2, -0.15) is 0 Å². The Bertz CT molecular complexity index is 425. The van der Waals surface area contributed by atoms with Crippen molar-refractivity contribution in [3.05, 3.63) is 30.1 Å². The molecule has 4 bridgehead atoms. The Morgan fingerprint density at radius 3 is 2.59 bits per heavy atom. The quantitative estimate of drug-likeness (QED) is 0.733. The van der Waals surface area contributed by atoms with Crippen molar-refractivity contribution < 1.29 is 4.79 Å². The number of pyridine rings is 1. The molecule has 0 spiro atoms. The lowest BCUT2D eigenvalue weighted by molar-refractivity contribution is -0.148. The van der Waals surface area contributed by atoms with E-state index >= 15 is 0 Å². The Kier molecular flexibility index (Phi) is 1.95. The fourth-order valence-electron chi connectivity index (χ4n) is 4.18. The number of rotatable bonds is 1. The van der Waals surface area contributed by atoms with Gasteiger partial charge in [-0.15, -0.1) is 0 Å².